The predicted molar refractivity (Wildman–Crippen MR) is 108 cm³/mol. The van der Waals surface area contributed by atoms with Crippen LogP contribution in [0.2, 0.25) is 5.02 Å². The lowest BCUT2D eigenvalue weighted by molar-refractivity contribution is -0.118. The number of aryl methyl sites for hydroxylation is 1. The highest BCUT2D eigenvalue weighted by molar-refractivity contribution is 7.99. The molecule has 0 saturated carbocycles. The van der Waals surface area contributed by atoms with Gasteiger partial charge in [-0.15, -0.1) is 11.8 Å². The van der Waals surface area contributed by atoms with Gasteiger partial charge >= 0.3 is 0 Å². The van der Waals surface area contributed by atoms with E-state index in [1.807, 2.05) is 42.0 Å². The van der Waals surface area contributed by atoms with Crippen LogP contribution in [0.25, 0.3) is 5.69 Å². The van der Waals surface area contributed by atoms with Crippen molar-refractivity contribution >= 4 is 29.3 Å². The third kappa shape index (κ3) is 5.11. The van der Waals surface area contributed by atoms with Crippen molar-refractivity contribution < 1.29 is 9.18 Å². The highest BCUT2D eigenvalue weighted by atomic mass is 35.5. The third-order valence-electron chi connectivity index (χ3n) is 4.07. The van der Waals surface area contributed by atoms with Gasteiger partial charge in [0.15, 0.2) is 0 Å². The fourth-order valence-electron chi connectivity index (χ4n) is 2.59. The van der Waals surface area contributed by atoms with Crippen LogP contribution >= 0.6 is 23.4 Å². The van der Waals surface area contributed by atoms with E-state index in [1.165, 1.54) is 17.8 Å². The summed E-state index contributed by atoms with van der Waals surface area (Å²) in [5, 5.41) is 3.26. The smallest absolute Gasteiger partial charge is 0.230 e. The van der Waals surface area contributed by atoms with Gasteiger partial charge in [-0.25, -0.2) is 9.37 Å². The highest BCUT2D eigenvalue weighted by Gasteiger charge is 2.09. The van der Waals surface area contributed by atoms with Gasteiger partial charge in [0.05, 0.1) is 5.75 Å². The van der Waals surface area contributed by atoms with Gasteiger partial charge in [-0.1, -0.05) is 29.8 Å². The molecule has 0 radical (unpaired) electrons. The molecule has 1 amide bonds. The topological polar surface area (TPSA) is 46.9 Å². The van der Waals surface area contributed by atoms with E-state index in [-0.39, 0.29) is 17.5 Å². The highest BCUT2D eigenvalue weighted by Crippen LogP contribution is 2.23. The first-order chi connectivity index (χ1) is 13.0. The van der Waals surface area contributed by atoms with Crippen molar-refractivity contribution in [1.29, 1.82) is 0 Å². The quantitative estimate of drug-likeness (QED) is 0.630. The number of benzene rings is 2. The van der Waals surface area contributed by atoms with Crippen molar-refractivity contribution in [2.45, 2.75) is 19.2 Å². The summed E-state index contributed by atoms with van der Waals surface area (Å²) in [6.07, 6.45) is 3.67. The molecular formula is C20H19ClFN3OS. The Balaban J connectivity index is 1.46. The van der Waals surface area contributed by atoms with Crippen LogP contribution in [0.4, 0.5) is 4.39 Å². The largest absolute Gasteiger partial charge is 0.351 e. The minimum Gasteiger partial charge on any atom is -0.351 e. The van der Waals surface area contributed by atoms with Crippen LogP contribution in [-0.2, 0) is 17.1 Å². The molecule has 3 aromatic rings. The van der Waals surface area contributed by atoms with Crippen molar-refractivity contribution in [3.63, 3.8) is 0 Å². The van der Waals surface area contributed by atoms with Gasteiger partial charge in [0.25, 0.3) is 0 Å². The summed E-state index contributed by atoms with van der Waals surface area (Å²) >= 11 is 7.32. The maximum Gasteiger partial charge on any atom is 0.230 e. The number of nitrogens with zero attached hydrogens (tertiary/aromatic N) is 2. The minimum atomic E-state index is -0.344. The standard InChI is InChI=1S/C20H19ClFN3OS/c1-14-23-9-10-25(14)16-7-5-15(6-8-16)11-24-20(26)13-27-12-17-18(21)3-2-4-19(17)22/h2-10H,11-13H2,1H3,(H,24,26). The molecule has 27 heavy (non-hydrogen) atoms. The number of imidazole rings is 1. The fourth-order valence-corrected chi connectivity index (χ4v) is 3.79. The molecule has 1 heterocycles. The molecule has 0 aliphatic heterocycles. The van der Waals surface area contributed by atoms with Crippen molar-refractivity contribution in [2.24, 2.45) is 0 Å². The Hall–Kier alpha value is -2.31. The van der Waals surface area contributed by atoms with Gasteiger partial charge in [-0.05, 0) is 36.8 Å². The summed E-state index contributed by atoms with van der Waals surface area (Å²) in [6, 6.07) is 12.5. The minimum absolute atomic E-state index is 0.0954. The molecule has 4 nitrogen and oxygen atoms in total. The molecule has 0 spiro atoms. The molecule has 0 aliphatic carbocycles. The molecule has 2 aromatic carbocycles. The summed E-state index contributed by atoms with van der Waals surface area (Å²) in [7, 11) is 0. The van der Waals surface area contributed by atoms with Gasteiger partial charge < -0.3 is 9.88 Å². The van der Waals surface area contributed by atoms with Crippen LogP contribution in [0.15, 0.2) is 54.9 Å². The van der Waals surface area contributed by atoms with Crippen LogP contribution in [-0.4, -0.2) is 21.2 Å². The lowest BCUT2D eigenvalue weighted by Gasteiger charge is -2.09. The lowest BCUT2D eigenvalue weighted by atomic mass is 10.2. The van der Waals surface area contributed by atoms with E-state index in [9.17, 15) is 9.18 Å². The predicted octanol–water partition coefficient (Wildman–Crippen LogP) is 4.52. The average molecular weight is 404 g/mol. The Morgan fingerprint density at radius 1 is 1.26 bits per heavy atom. The maximum absolute atomic E-state index is 13.7. The van der Waals surface area contributed by atoms with E-state index >= 15 is 0 Å². The summed E-state index contributed by atoms with van der Waals surface area (Å²) in [5.74, 6) is 1.09. The van der Waals surface area contributed by atoms with Crippen molar-refractivity contribution in [2.75, 3.05) is 5.75 Å². The number of amides is 1. The van der Waals surface area contributed by atoms with Gasteiger partial charge in [0, 0.05) is 41.0 Å². The molecule has 0 bridgehead atoms. The number of aromatic nitrogens is 2. The average Bonchev–Trinajstić information content (AvgIpc) is 3.09. The maximum atomic E-state index is 13.7. The zero-order chi connectivity index (χ0) is 19.2. The van der Waals surface area contributed by atoms with E-state index < -0.39 is 0 Å². The number of nitrogens with one attached hydrogen (secondary N) is 1. The monoisotopic (exact) mass is 403 g/mol. The number of hydrogen-bond donors (Lipinski definition) is 1. The zero-order valence-corrected chi connectivity index (χ0v) is 16.4. The van der Waals surface area contributed by atoms with Crippen LogP contribution in [0.3, 0.4) is 0 Å². The van der Waals surface area contributed by atoms with E-state index in [1.54, 1.807) is 18.3 Å². The molecule has 3 rings (SSSR count). The van der Waals surface area contributed by atoms with E-state index in [2.05, 4.69) is 10.3 Å². The van der Waals surface area contributed by atoms with Crippen LogP contribution in [0.1, 0.15) is 17.0 Å². The van der Waals surface area contributed by atoms with Gasteiger partial charge in [0.1, 0.15) is 11.6 Å². The molecule has 1 N–H and O–H groups in total. The fraction of sp³-hybridized carbons (Fsp3) is 0.200. The number of halogens is 2. The molecule has 0 fully saturated rings. The van der Waals surface area contributed by atoms with Gasteiger partial charge in [-0.2, -0.15) is 0 Å². The summed E-state index contributed by atoms with van der Waals surface area (Å²) in [6.45, 7) is 2.39. The molecule has 0 atom stereocenters. The molecular weight excluding hydrogens is 385 g/mol. The first kappa shape index (κ1) is 19.5. The van der Waals surface area contributed by atoms with E-state index in [4.69, 9.17) is 11.6 Å². The SMILES string of the molecule is Cc1nccn1-c1ccc(CNC(=O)CSCc2c(F)cccc2Cl)cc1. The Morgan fingerprint density at radius 3 is 2.70 bits per heavy atom. The summed E-state index contributed by atoms with van der Waals surface area (Å²) in [4.78, 5) is 16.2. The van der Waals surface area contributed by atoms with E-state index in [0.717, 1.165) is 17.1 Å². The van der Waals surface area contributed by atoms with E-state index in [0.29, 0.717) is 22.9 Å². The van der Waals surface area contributed by atoms with Crippen LogP contribution in [0.5, 0.6) is 0 Å². The van der Waals surface area contributed by atoms with Crippen LogP contribution < -0.4 is 5.32 Å². The molecule has 0 saturated heterocycles. The number of thioether (sulfide) groups is 1. The number of rotatable bonds is 7. The van der Waals surface area contributed by atoms with Crippen LogP contribution in [0, 0.1) is 12.7 Å². The Morgan fingerprint density at radius 2 is 2.04 bits per heavy atom. The first-order valence-corrected chi connectivity index (χ1v) is 9.94. The molecule has 0 unspecified atom stereocenters. The summed E-state index contributed by atoms with van der Waals surface area (Å²) in [5.41, 5.74) is 2.46. The number of carbonyl (C=O) groups excluding carboxylic acids is 1. The first-order valence-electron chi connectivity index (χ1n) is 8.41. The van der Waals surface area contributed by atoms with Gasteiger partial charge in [-0.3, -0.25) is 4.79 Å². The second-order valence-electron chi connectivity index (χ2n) is 5.98. The van der Waals surface area contributed by atoms with Crippen molar-refractivity contribution in [3.8, 4) is 5.69 Å². The van der Waals surface area contributed by atoms with Crippen molar-refractivity contribution in [3.05, 3.63) is 82.6 Å². The second-order valence-corrected chi connectivity index (χ2v) is 7.37. The van der Waals surface area contributed by atoms with Gasteiger partial charge in [0.2, 0.25) is 5.91 Å². The lowest BCUT2D eigenvalue weighted by Crippen LogP contribution is -2.24. The summed E-state index contributed by atoms with van der Waals surface area (Å²) < 4.78 is 15.7. The Kier molecular flexibility index (Phi) is 6.53. The molecule has 0 aliphatic rings. The number of carbonyl (C=O) groups is 1. The normalized spacial score (nSPS) is 10.8. The number of hydrogen-bond acceptors (Lipinski definition) is 3. The Bertz CT molecular complexity index is 907. The third-order valence-corrected chi connectivity index (χ3v) is 5.38. The molecule has 7 heteroatoms. The Labute approximate surface area is 166 Å². The second kappa shape index (κ2) is 9.06. The van der Waals surface area contributed by atoms with Crippen molar-refractivity contribution in [1.82, 2.24) is 14.9 Å². The molecule has 1 aromatic heterocycles. The molecule has 140 valence electrons. The zero-order valence-electron chi connectivity index (χ0n) is 14.8.